The number of benzene rings is 1. The predicted octanol–water partition coefficient (Wildman–Crippen LogP) is 4.07. The van der Waals surface area contributed by atoms with Gasteiger partial charge in [0, 0.05) is 10.6 Å². The van der Waals surface area contributed by atoms with E-state index in [1.54, 1.807) is 13.8 Å². The number of hydrogen-bond donors (Lipinski definition) is 0. The second kappa shape index (κ2) is 4.53. The van der Waals surface area contributed by atoms with E-state index in [0.717, 1.165) is 0 Å². The van der Waals surface area contributed by atoms with Crippen LogP contribution < -0.4 is 4.74 Å². The van der Waals surface area contributed by atoms with E-state index < -0.39 is 12.6 Å². The van der Waals surface area contributed by atoms with Gasteiger partial charge in [0.05, 0.1) is 13.5 Å². The Morgan fingerprint density at radius 1 is 1.31 bits per heavy atom. The van der Waals surface area contributed by atoms with Crippen molar-refractivity contribution in [3.05, 3.63) is 27.8 Å². The summed E-state index contributed by atoms with van der Waals surface area (Å²) in [6.45, 7) is 3.30. The molecule has 1 rings (SSSR count). The van der Waals surface area contributed by atoms with Crippen LogP contribution in [0.2, 0.25) is 5.02 Å². The molecule has 0 aliphatic carbocycles. The Balaban J connectivity index is 3.30. The van der Waals surface area contributed by atoms with Gasteiger partial charge in [-0.25, -0.2) is 0 Å². The van der Waals surface area contributed by atoms with Gasteiger partial charge < -0.3 is 4.74 Å². The highest BCUT2D eigenvalue weighted by atomic mass is 35.5. The molecular formula is C11H12ClF3O. The lowest BCUT2D eigenvalue weighted by Crippen LogP contribution is -2.14. The van der Waals surface area contributed by atoms with Gasteiger partial charge in [-0.15, -0.1) is 0 Å². The average Bonchev–Trinajstić information content (AvgIpc) is 2.17. The normalized spacial score (nSPS) is 11.7. The fourth-order valence-corrected chi connectivity index (χ4v) is 1.73. The largest absolute Gasteiger partial charge is 0.496 e. The van der Waals surface area contributed by atoms with E-state index in [-0.39, 0.29) is 11.3 Å². The number of hydrogen-bond acceptors (Lipinski definition) is 1. The zero-order chi connectivity index (χ0) is 12.5. The van der Waals surface area contributed by atoms with E-state index in [4.69, 9.17) is 16.3 Å². The van der Waals surface area contributed by atoms with E-state index >= 15 is 0 Å². The van der Waals surface area contributed by atoms with Crippen LogP contribution in [0.5, 0.6) is 5.75 Å². The van der Waals surface area contributed by atoms with Crippen molar-refractivity contribution in [2.75, 3.05) is 7.11 Å². The molecule has 0 aliphatic rings. The van der Waals surface area contributed by atoms with Gasteiger partial charge in [-0.1, -0.05) is 11.6 Å². The van der Waals surface area contributed by atoms with Gasteiger partial charge >= 0.3 is 6.18 Å². The molecule has 90 valence electrons. The molecule has 0 saturated carbocycles. The molecule has 0 atom stereocenters. The third kappa shape index (κ3) is 2.82. The smallest absolute Gasteiger partial charge is 0.393 e. The van der Waals surface area contributed by atoms with Crippen molar-refractivity contribution in [1.82, 2.24) is 0 Å². The van der Waals surface area contributed by atoms with Gasteiger partial charge in [0.1, 0.15) is 5.75 Å². The van der Waals surface area contributed by atoms with E-state index in [2.05, 4.69) is 0 Å². The first kappa shape index (κ1) is 13.2. The van der Waals surface area contributed by atoms with Crippen LogP contribution in [-0.4, -0.2) is 13.3 Å². The first-order chi connectivity index (χ1) is 7.26. The minimum atomic E-state index is -4.27. The molecule has 1 aromatic rings. The summed E-state index contributed by atoms with van der Waals surface area (Å²) in [6, 6.07) is 1.52. The molecule has 5 heteroatoms. The lowest BCUT2D eigenvalue weighted by Gasteiger charge is -2.16. The second-order valence-electron chi connectivity index (χ2n) is 3.61. The fraction of sp³-hybridized carbons (Fsp3) is 0.455. The van der Waals surface area contributed by atoms with E-state index in [0.29, 0.717) is 16.1 Å². The number of methoxy groups -OCH3 is 1. The van der Waals surface area contributed by atoms with Crippen molar-refractivity contribution in [2.24, 2.45) is 0 Å². The summed E-state index contributed by atoms with van der Waals surface area (Å²) in [5.41, 5.74) is 1.24. The summed E-state index contributed by atoms with van der Waals surface area (Å²) in [6.07, 6.45) is -5.29. The molecule has 0 amide bonds. The Morgan fingerprint density at radius 2 is 1.88 bits per heavy atom. The van der Waals surface area contributed by atoms with E-state index in [9.17, 15) is 13.2 Å². The van der Waals surface area contributed by atoms with Crippen molar-refractivity contribution < 1.29 is 17.9 Å². The van der Waals surface area contributed by atoms with Crippen molar-refractivity contribution in [3.63, 3.8) is 0 Å². The quantitative estimate of drug-likeness (QED) is 0.771. The molecule has 0 fully saturated rings. The summed E-state index contributed by atoms with van der Waals surface area (Å²) in [5, 5.41) is 0.361. The topological polar surface area (TPSA) is 9.23 Å². The van der Waals surface area contributed by atoms with Crippen LogP contribution in [0.4, 0.5) is 13.2 Å². The standard InChI is InChI=1S/C11H12ClF3O/c1-6-4-9(16-3)8(5-11(13,14)15)7(2)10(6)12/h4H,5H2,1-3H3. The van der Waals surface area contributed by atoms with Crippen LogP contribution in [-0.2, 0) is 6.42 Å². The Bertz CT molecular complexity index is 399. The van der Waals surface area contributed by atoms with Crippen LogP contribution in [0.3, 0.4) is 0 Å². The van der Waals surface area contributed by atoms with Crippen LogP contribution >= 0.6 is 11.6 Å². The van der Waals surface area contributed by atoms with E-state index in [1.165, 1.54) is 13.2 Å². The van der Waals surface area contributed by atoms with Gasteiger partial charge in [0.2, 0.25) is 0 Å². The van der Waals surface area contributed by atoms with E-state index in [1.807, 2.05) is 0 Å². The highest BCUT2D eigenvalue weighted by molar-refractivity contribution is 6.32. The van der Waals surface area contributed by atoms with Crippen molar-refractivity contribution >= 4 is 11.6 Å². The van der Waals surface area contributed by atoms with Crippen LogP contribution in [0, 0.1) is 13.8 Å². The summed E-state index contributed by atoms with van der Waals surface area (Å²) < 4.78 is 42.1. The Hall–Kier alpha value is -0.900. The summed E-state index contributed by atoms with van der Waals surface area (Å²) in [4.78, 5) is 0. The van der Waals surface area contributed by atoms with Gasteiger partial charge in [-0.2, -0.15) is 13.2 Å². The number of alkyl halides is 3. The van der Waals surface area contributed by atoms with Crippen molar-refractivity contribution in [2.45, 2.75) is 26.4 Å². The molecule has 0 saturated heterocycles. The molecule has 0 radical (unpaired) electrons. The van der Waals surface area contributed by atoms with Gasteiger partial charge in [-0.3, -0.25) is 0 Å². The Labute approximate surface area is 97.2 Å². The number of ether oxygens (including phenoxy) is 1. The molecule has 0 bridgehead atoms. The molecule has 0 aromatic heterocycles. The SMILES string of the molecule is COc1cc(C)c(Cl)c(C)c1CC(F)(F)F. The van der Waals surface area contributed by atoms with Crippen LogP contribution in [0.25, 0.3) is 0 Å². The van der Waals surface area contributed by atoms with Crippen LogP contribution in [0.15, 0.2) is 6.07 Å². The highest BCUT2D eigenvalue weighted by Crippen LogP contribution is 2.35. The molecule has 0 aliphatic heterocycles. The first-order valence-electron chi connectivity index (χ1n) is 4.65. The summed E-state index contributed by atoms with van der Waals surface area (Å²) >= 11 is 5.92. The lowest BCUT2D eigenvalue weighted by atomic mass is 10.0. The summed E-state index contributed by atoms with van der Waals surface area (Å²) in [5.74, 6) is 0.233. The number of rotatable bonds is 2. The third-order valence-electron chi connectivity index (χ3n) is 2.37. The zero-order valence-electron chi connectivity index (χ0n) is 9.20. The van der Waals surface area contributed by atoms with Crippen LogP contribution in [0.1, 0.15) is 16.7 Å². The first-order valence-corrected chi connectivity index (χ1v) is 5.03. The minimum absolute atomic E-state index is 0.102. The molecule has 0 unspecified atom stereocenters. The fourth-order valence-electron chi connectivity index (χ4n) is 1.56. The number of aryl methyl sites for hydroxylation is 1. The Morgan fingerprint density at radius 3 is 2.31 bits per heavy atom. The van der Waals surface area contributed by atoms with Gasteiger partial charge in [0.25, 0.3) is 0 Å². The predicted molar refractivity (Wildman–Crippen MR) is 57.2 cm³/mol. The molecule has 1 nitrogen and oxygen atoms in total. The van der Waals surface area contributed by atoms with Gasteiger partial charge in [-0.05, 0) is 31.0 Å². The maximum atomic E-state index is 12.4. The maximum absolute atomic E-state index is 12.4. The average molecular weight is 253 g/mol. The molecule has 0 N–H and O–H groups in total. The maximum Gasteiger partial charge on any atom is 0.393 e. The zero-order valence-corrected chi connectivity index (χ0v) is 9.96. The monoisotopic (exact) mass is 252 g/mol. The second-order valence-corrected chi connectivity index (χ2v) is 3.98. The van der Waals surface area contributed by atoms with Crippen molar-refractivity contribution in [3.8, 4) is 5.75 Å². The molecule has 1 aromatic carbocycles. The highest BCUT2D eigenvalue weighted by Gasteiger charge is 2.31. The van der Waals surface area contributed by atoms with Crippen molar-refractivity contribution in [1.29, 1.82) is 0 Å². The molecule has 0 spiro atoms. The lowest BCUT2D eigenvalue weighted by molar-refractivity contribution is -0.127. The summed E-state index contributed by atoms with van der Waals surface area (Å²) in [7, 11) is 1.35. The molecule has 16 heavy (non-hydrogen) atoms. The minimum Gasteiger partial charge on any atom is -0.496 e. The van der Waals surface area contributed by atoms with Gasteiger partial charge in [0.15, 0.2) is 0 Å². The Kier molecular flexibility index (Phi) is 3.73. The number of halogens is 4. The third-order valence-corrected chi connectivity index (χ3v) is 2.95. The molecular weight excluding hydrogens is 241 g/mol. The molecule has 0 heterocycles.